The van der Waals surface area contributed by atoms with Crippen molar-refractivity contribution in [3.8, 4) is 11.3 Å². The van der Waals surface area contributed by atoms with Gasteiger partial charge in [-0.05, 0) is 42.3 Å². The highest BCUT2D eigenvalue weighted by atomic mass is 16.3. The molecule has 0 saturated heterocycles. The maximum atomic E-state index is 12.3. The maximum absolute atomic E-state index is 12.3. The van der Waals surface area contributed by atoms with E-state index in [0.717, 1.165) is 28.1 Å². The Balaban J connectivity index is 1.75. The molecular formula is C20H18N2O2. The number of hydrogen-bond donors (Lipinski definition) is 2. The number of aromatic amines is 1. The largest absolute Gasteiger partial charge is 0.392 e. The zero-order valence-corrected chi connectivity index (χ0v) is 13.4. The number of aromatic nitrogens is 2. The molecule has 3 aromatic rings. The van der Waals surface area contributed by atoms with Crippen LogP contribution < -0.4 is 0 Å². The molecule has 0 atom stereocenters. The Morgan fingerprint density at radius 3 is 2.67 bits per heavy atom. The predicted molar refractivity (Wildman–Crippen MR) is 94.5 cm³/mol. The number of carbonyl (C=O) groups is 1. The van der Waals surface area contributed by atoms with E-state index in [9.17, 15) is 9.90 Å². The summed E-state index contributed by atoms with van der Waals surface area (Å²) < 4.78 is 0. The van der Waals surface area contributed by atoms with Crippen LogP contribution in [0.3, 0.4) is 0 Å². The summed E-state index contributed by atoms with van der Waals surface area (Å²) in [6.45, 7) is 1.86. The monoisotopic (exact) mass is 318 g/mol. The zero-order chi connectivity index (χ0) is 16.9. The Bertz CT molecular complexity index is 880. The van der Waals surface area contributed by atoms with Gasteiger partial charge in [0.15, 0.2) is 5.78 Å². The minimum atomic E-state index is -0.0848. The third-order valence-electron chi connectivity index (χ3n) is 3.88. The van der Waals surface area contributed by atoms with E-state index in [2.05, 4.69) is 10.2 Å². The predicted octanol–water partition coefficient (Wildman–Crippen LogP) is 3.77. The molecular weight excluding hydrogens is 300 g/mol. The number of aliphatic hydroxyl groups excluding tert-OH is 1. The maximum Gasteiger partial charge on any atom is 0.185 e. The molecule has 2 aromatic carbocycles. The molecule has 0 fully saturated rings. The van der Waals surface area contributed by atoms with Gasteiger partial charge in [0.1, 0.15) is 0 Å². The fraction of sp³-hybridized carbons (Fsp3) is 0.100. The molecule has 0 saturated carbocycles. The summed E-state index contributed by atoms with van der Waals surface area (Å²) in [6.07, 6.45) is 3.24. The van der Waals surface area contributed by atoms with Crippen LogP contribution in [-0.2, 0) is 6.61 Å². The smallest absolute Gasteiger partial charge is 0.185 e. The normalized spacial score (nSPS) is 11.1. The van der Waals surface area contributed by atoms with E-state index < -0.39 is 0 Å². The van der Waals surface area contributed by atoms with Crippen molar-refractivity contribution in [1.82, 2.24) is 10.2 Å². The number of rotatable bonds is 5. The van der Waals surface area contributed by atoms with Crippen LogP contribution in [0.15, 0.2) is 60.7 Å². The minimum Gasteiger partial charge on any atom is -0.392 e. The number of nitrogens with zero attached hydrogens (tertiary/aromatic N) is 1. The van der Waals surface area contributed by atoms with Crippen LogP contribution in [0.2, 0.25) is 0 Å². The van der Waals surface area contributed by atoms with Crippen LogP contribution in [0.25, 0.3) is 17.3 Å². The van der Waals surface area contributed by atoms with Crippen molar-refractivity contribution in [2.45, 2.75) is 13.5 Å². The third-order valence-corrected chi connectivity index (χ3v) is 3.88. The lowest BCUT2D eigenvalue weighted by Gasteiger charge is -2.03. The lowest BCUT2D eigenvalue weighted by atomic mass is 10.0. The van der Waals surface area contributed by atoms with Crippen LogP contribution in [0.5, 0.6) is 0 Å². The molecule has 1 heterocycles. The van der Waals surface area contributed by atoms with Gasteiger partial charge in [-0.2, -0.15) is 5.10 Å². The molecule has 0 bridgehead atoms. The molecule has 0 spiro atoms. The second-order valence-corrected chi connectivity index (χ2v) is 5.57. The van der Waals surface area contributed by atoms with Gasteiger partial charge >= 0.3 is 0 Å². The SMILES string of the molecule is Cc1cc(C(=O)/C=C/c2cc(-c3ccccc3)n[nH]2)ccc1CO. The van der Waals surface area contributed by atoms with Gasteiger partial charge in [0.25, 0.3) is 0 Å². The highest BCUT2D eigenvalue weighted by Gasteiger charge is 2.06. The van der Waals surface area contributed by atoms with Crippen molar-refractivity contribution < 1.29 is 9.90 Å². The van der Waals surface area contributed by atoms with Gasteiger partial charge in [-0.3, -0.25) is 9.89 Å². The summed E-state index contributed by atoms with van der Waals surface area (Å²) in [4.78, 5) is 12.3. The first-order valence-electron chi connectivity index (χ1n) is 7.71. The average Bonchev–Trinajstić information content (AvgIpc) is 3.09. The molecule has 120 valence electrons. The van der Waals surface area contributed by atoms with Crippen LogP contribution in [0.4, 0.5) is 0 Å². The average molecular weight is 318 g/mol. The van der Waals surface area contributed by atoms with Crippen molar-refractivity contribution in [1.29, 1.82) is 0 Å². The minimum absolute atomic E-state index is 0.0213. The number of benzene rings is 2. The lowest BCUT2D eigenvalue weighted by Crippen LogP contribution is -1.97. The molecule has 2 N–H and O–H groups in total. The first-order valence-corrected chi connectivity index (χ1v) is 7.71. The van der Waals surface area contributed by atoms with Crippen LogP contribution in [-0.4, -0.2) is 21.1 Å². The Hall–Kier alpha value is -2.98. The van der Waals surface area contributed by atoms with Gasteiger partial charge in [0, 0.05) is 11.1 Å². The quantitative estimate of drug-likeness (QED) is 0.556. The fourth-order valence-corrected chi connectivity index (χ4v) is 2.47. The van der Waals surface area contributed by atoms with Gasteiger partial charge < -0.3 is 5.11 Å². The van der Waals surface area contributed by atoms with Crippen molar-refractivity contribution >= 4 is 11.9 Å². The molecule has 0 amide bonds. The van der Waals surface area contributed by atoms with Crippen molar-refractivity contribution in [3.05, 3.63) is 83.1 Å². The van der Waals surface area contributed by atoms with Gasteiger partial charge in [0.05, 0.1) is 18.0 Å². The Morgan fingerprint density at radius 1 is 1.17 bits per heavy atom. The van der Waals surface area contributed by atoms with Gasteiger partial charge in [-0.25, -0.2) is 0 Å². The summed E-state index contributed by atoms with van der Waals surface area (Å²) in [5.41, 5.74) is 4.97. The molecule has 1 aromatic heterocycles. The van der Waals surface area contributed by atoms with Gasteiger partial charge in [-0.15, -0.1) is 0 Å². The Morgan fingerprint density at radius 2 is 1.96 bits per heavy atom. The van der Waals surface area contributed by atoms with Crippen molar-refractivity contribution in [2.24, 2.45) is 0 Å². The summed E-state index contributed by atoms with van der Waals surface area (Å²) in [5.74, 6) is -0.0848. The standard InChI is InChI=1S/C20H18N2O2/c1-14-11-16(7-8-17(14)13-23)20(24)10-9-18-12-19(22-21-18)15-5-3-2-4-6-15/h2-12,23H,13H2,1H3,(H,21,22)/b10-9+. The number of H-pyrrole nitrogens is 1. The molecule has 4 heteroatoms. The molecule has 0 unspecified atom stereocenters. The van der Waals surface area contributed by atoms with E-state index in [1.54, 1.807) is 24.3 Å². The lowest BCUT2D eigenvalue weighted by molar-refractivity contribution is 0.104. The number of carbonyl (C=O) groups excluding carboxylic acids is 1. The molecule has 24 heavy (non-hydrogen) atoms. The van der Waals surface area contributed by atoms with E-state index >= 15 is 0 Å². The van der Waals surface area contributed by atoms with Gasteiger partial charge in [0.2, 0.25) is 0 Å². The number of aryl methyl sites for hydroxylation is 1. The topological polar surface area (TPSA) is 66.0 Å². The fourth-order valence-electron chi connectivity index (χ4n) is 2.47. The molecule has 0 aliphatic carbocycles. The second-order valence-electron chi connectivity index (χ2n) is 5.57. The van der Waals surface area contributed by atoms with Crippen molar-refractivity contribution in [2.75, 3.05) is 0 Å². The summed E-state index contributed by atoms with van der Waals surface area (Å²) in [6, 6.07) is 17.1. The van der Waals surface area contributed by atoms with Crippen LogP contribution >= 0.6 is 0 Å². The Kier molecular flexibility index (Phi) is 4.68. The molecule has 0 aliphatic rings. The summed E-state index contributed by atoms with van der Waals surface area (Å²) in [7, 11) is 0. The van der Waals surface area contributed by atoms with E-state index in [1.807, 2.05) is 43.3 Å². The first kappa shape index (κ1) is 15.9. The zero-order valence-electron chi connectivity index (χ0n) is 13.4. The number of hydrogen-bond acceptors (Lipinski definition) is 3. The highest BCUT2D eigenvalue weighted by Crippen LogP contribution is 2.18. The van der Waals surface area contributed by atoms with E-state index in [0.29, 0.717) is 5.56 Å². The molecule has 4 nitrogen and oxygen atoms in total. The molecule has 0 aliphatic heterocycles. The number of nitrogens with one attached hydrogen (secondary N) is 1. The number of aliphatic hydroxyl groups is 1. The molecule has 0 radical (unpaired) electrons. The highest BCUT2D eigenvalue weighted by molar-refractivity contribution is 6.06. The first-order chi connectivity index (χ1) is 11.7. The second kappa shape index (κ2) is 7.06. The molecule has 3 rings (SSSR count). The number of allylic oxidation sites excluding steroid dienone is 1. The van der Waals surface area contributed by atoms with E-state index in [-0.39, 0.29) is 12.4 Å². The summed E-state index contributed by atoms with van der Waals surface area (Å²) in [5, 5.41) is 16.4. The summed E-state index contributed by atoms with van der Waals surface area (Å²) >= 11 is 0. The third kappa shape index (κ3) is 3.50. The Labute approximate surface area is 140 Å². The van der Waals surface area contributed by atoms with Gasteiger partial charge in [-0.1, -0.05) is 42.5 Å². The van der Waals surface area contributed by atoms with Crippen LogP contribution in [0, 0.1) is 6.92 Å². The number of ketones is 1. The van der Waals surface area contributed by atoms with Crippen molar-refractivity contribution in [3.63, 3.8) is 0 Å². The van der Waals surface area contributed by atoms with E-state index in [4.69, 9.17) is 0 Å². The van der Waals surface area contributed by atoms with Crippen LogP contribution in [0.1, 0.15) is 27.2 Å². The van der Waals surface area contributed by atoms with E-state index in [1.165, 1.54) is 6.08 Å².